The number of carbonyl (C=O) groups excluding carboxylic acids is 1. The Morgan fingerprint density at radius 2 is 2.08 bits per heavy atom. The van der Waals surface area contributed by atoms with E-state index in [1.807, 2.05) is 6.92 Å². The molecule has 0 unspecified atom stereocenters. The molecule has 13 heavy (non-hydrogen) atoms. The predicted octanol–water partition coefficient (Wildman–Crippen LogP) is 2.08. The fraction of sp³-hybridized carbons (Fsp3) is 0.800. The summed E-state index contributed by atoms with van der Waals surface area (Å²) < 4.78 is 4.92. The van der Waals surface area contributed by atoms with Gasteiger partial charge in [0.05, 0.1) is 6.61 Å². The van der Waals surface area contributed by atoms with Crippen molar-refractivity contribution in [3.05, 3.63) is 6.92 Å². The van der Waals surface area contributed by atoms with Crippen molar-refractivity contribution in [1.29, 1.82) is 0 Å². The van der Waals surface area contributed by atoms with Gasteiger partial charge in [-0.3, -0.25) is 0 Å². The maximum Gasteiger partial charge on any atom is 0.409 e. The number of hydrogen-bond acceptors (Lipinski definition) is 2. The first-order valence-corrected chi connectivity index (χ1v) is 4.82. The third-order valence-electron chi connectivity index (χ3n) is 2.50. The van der Waals surface area contributed by atoms with Crippen molar-refractivity contribution >= 4 is 6.09 Å². The maximum absolute atomic E-state index is 11.3. The van der Waals surface area contributed by atoms with E-state index >= 15 is 0 Å². The SMILES string of the molecule is [CH2]C1(C)CCN(C(=O)OCC)CC1. The van der Waals surface area contributed by atoms with E-state index < -0.39 is 0 Å². The molecule has 0 bridgehead atoms. The molecule has 0 aromatic carbocycles. The van der Waals surface area contributed by atoms with Gasteiger partial charge < -0.3 is 9.64 Å². The molecule has 0 aromatic heterocycles. The second-order valence-corrected chi connectivity index (χ2v) is 4.00. The molecule has 3 heteroatoms. The molecule has 0 saturated carbocycles. The lowest BCUT2D eigenvalue weighted by atomic mass is 9.83. The summed E-state index contributed by atoms with van der Waals surface area (Å²) in [5.41, 5.74) is 0.142. The van der Waals surface area contributed by atoms with Crippen molar-refractivity contribution < 1.29 is 9.53 Å². The molecule has 3 nitrogen and oxygen atoms in total. The van der Waals surface area contributed by atoms with Gasteiger partial charge in [-0.05, 0) is 32.1 Å². The van der Waals surface area contributed by atoms with E-state index in [1.165, 1.54) is 0 Å². The van der Waals surface area contributed by atoms with Gasteiger partial charge in [0.25, 0.3) is 0 Å². The molecule has 1 saturated heterocycles. The van der Waals surface area contributed by atoms with Crippen molar-refractivity contribution in [3.63, 3.8) is 0 Å². The first-order valence-electron chi connectivity index (χ1n) is 4.82. The van der Waals surface area contributed by atoms with Gasteiger partial charge in [0.15, 0.2) is 0 Å². The van der Waals surface area contributed by atoms with Gasteiger partial charge in [-0.1, -0.05) is 6.92 Å². The normalized spacial score (nSPS) is 21.3. The van der Waals surface area contributed by atoms with Crippen LogP contribution in [0.5, 0.6) is 0 Å². The Kier molecular flexibility index (Phi) is 3.17. The van der Waals surface area contributed by atoms with Gasteiger partial charge in [0.1, 0.15) is 0 Å². The summed E-state index contributed by atoms with van der Waals surface area (Å²) in [7, 11) is 0. The van der Waals surface area contributed by atoms with Crippen LogP contribution in [0.1, 0.15) is 26.7 Å². The minimum absolute atomic E-state index is 0.142. The van der Waals surface area contributed by atoms with Crippen LogP contribution < -0.4 is 0 Å². The Bertz CT molecular complexity index is 179. The first-order chi connectivity index (χ1) is 6.05. The Balaban J connectivity index is 2.36. The summed E-state index contributed by atoms with van der Waals surface area (Å²) in [6.45, 7) is 10.1. The number of likely N-dealkylation sites (tertiary alicyclic amines) is 1. The fourth-order valence-corrected chi connectivity index (χ4v) is 1.44. The average molecular weight is 184 g/mol. The molecule has 1 rings (SSSR count). The third-order valence-corrected chi connectivity index (χ3v) is 2.50. The third kappa shape index (κ3) is 2.90. The van der Waals surface area contributed by atoms with Crippen LogP contribution in [0.3, 0.4) is 0 Å². The van der Waals surface area contributed by atoms with Gasteiger partial charge in [-0.15, -0.1) is 0 Å². The van der Waals surface area contributed by atoms with Gasteiger partial charge in [0, 0.05) is 13.1 Å². The van der Waals surface area contributed by atoms with E-state index in [-0.39, 0.29) is 11.5 Å². The zero-order valence-electron chi connectivity index (χ0n) is 8.51. The summed E-state index contributed by atoms with van der Waals surface area (Å²) in [5, 5.41) is 0. The fourth-order valence-electron chi connectivity index (χ4n) is 1.44. The average Bonchev–Trinajstić information content (AvgIpc) is 2.04. The molecule has 0 atom stereocenters. The van der Waals surface area contributed by atoms with Crippen molar-refractivity contribution in [3.8, 4) is 0 Å². The highest BCUT2D eigenvalue weighted by molar-refractivity contribution is 5.67. The van der Waals surface area contributed by atoms with E-state index in [1.54, 1.807) is 4.90 Å². The van der Waals surface area contributed by atoms with E-state index in [2.05, 4.69) is 13.8 Å². The highest BCUT2D eigenvalue weighted by Gasteiger charge is 2.28. The van der Waals surface area contributed by atoms with Gasteiger partial charge in [0.2, 0.25) is 0 Å². The van der Waals surface area contributed by atoms with Crippen molar-refractivity contribution in [2.45, 2.75) is 26.7 Å². The Morgan fingerprint density at radius 1 is 1.54 bits per heavy atom. The molecular formula is C10H18NO2. The number of rotatable bonds is 1. The summed E-state index contributed by atoms with van der Waals surface area (Å²) in [4.78, 5) is 13.1. The molecule has 1 amide bonds. The standard InChI is InChI=1S/C10H18NO2/c1-4-13-9(12)11-7-5-10(2,3)6-8-11/h2,4-8H2,1,3H3. The van der Waals surface area contributed by atoms with E-state index in [9.17, 15) is 4.79 Å². The number of nitrogens with zero attached hydrogens (tertiary/aromatic N) is 1. The highest BCUT2D eigenvalue weighted by Crippen LogP contribution is 2.29. The Labute approximate surface area is 80.1 Å². The number of ether oxygens (including phenoxy) is 1. The van der Waals surface area contributed by atoms with Gasteiger partial charge >= 0.3 is 6.09 Å². The van der Waals surface area contributed by atoms with Crippen LogP contribution in [0, 0.1) is 12.3 Å². The Hall–Kier alpha value is -0.730. The molecule has 1 fully saturated rings. The smallest absolute Gasteiger partial charge is 0.409 e. The molecule has 1 radical (unpaired) electrons. The van der Waals surface area contributed by atoms with Crippen molar-refractivity contribution in [2.24, 2.45) is 5.41 Å². The summed E-state index contributed by atoms with van der Waals surface area (Å²) in [5.74, 6) is 0. The highest BCUT2D eigenvalue weighted by atomic mass is 16.6. The molecule has 1 aliphatic heterocycles. The monoisotopic (exact) mass is 184 g/mol. The number of piperidine rings is 1. The number of carbonyl (C=O) groups is 1. The zero-order chi connectivity index (χ0) is 9.90. The van der Waals surface area contributed by atoms with Crippen LogP contribution in [-0.4, -0.2) is 30.7 Å². The molecule has 0 aliphatic carbocycles. The lowest BCUT2D eigenvalue weighted by molar-refractivity contribution is 0.0837. The van der Waals surface area contributed by atoms with Crippen LogP contribution in [-0.2, 0) is 4.74 Å². The van der Waals surface area contributed by atoms with Crippen molar-refractivity contribution in [2.75, 3.05) is 19.7 Å². The lowest BCUT2D eigenvalue weighted by Gasteiger charge is -2.35. The molecule has 75 valence electrons. The van der Waals surface area contributed by atoms with Crippen LogP contribution in [0.25, 0.3) is 0 Å². The minimum atomic E-state index is -0.182. The van der Waals surface area contributed by atoms with Crippen LogP contribution in [0.15, 0.2) is 0 Å². The van der Waals surface area contributed by atoms with E-state index in [0.29, 0.717) is 6.61 Å². The Morgan fingerprint density at radius 3 is 2.54 bits per heavy atom. The molecule has 1 aliphatic rings. The van der Waals surface area contributed by atoms with E-state index in [0.717, 1.165) is 25.9 Å². The molecule has 0 aromatic rings. The lowest BCUT2D eigenvalue weighted by Crippen LogP contribution is -2.41. The molecule has 1 heterocycles. The molecule has 0 N–H and O–H groups in total. The number of amides is 1. The van der Waals surface area contributed by atoms with Crippen molar-refractivity contribution in [1.82, 2.24) is 4.90 Å². The van der Waals surface area contributed by atoms with Gasteiger partial charge in [-0.25, -0.2) is 4.79 Å². The summed E-state index contributed by atoms with van der Waals surface area (Å²) in [6, 6.07) is 0. The maximum atomic E-state index is 11.3. The molecular weight excluding hydrogens is 166 g/mol. The van der Waals surface area contributed by atoms with Crippen LogP contribution >= 0.6 is 0 Å². The van der Waals surface area contributed by atoms with Crippen LogP contribution in [0.4, 0.5) is 4.79 Å². The molecule has 0 spiro atoms. The summed E-state index contributed by atoms with van der Waals surface area (Å²) in [6.07, 6.45) is 1.75. The number of hydrogen-bond donors (Lipinski definition) is 0. The first kappa shape index (κ1) is 10.4. The van der Waals surface area contributed by atoms with Crippen LogP contribution in [0.2, 0.25) is 0 Å². The second kappa shape index (κ2) is 3.99. The topological polar surface area (TPSA) is 29.5 Å². The summed E-state index contributed by atoms with van der Waals surface area (Å²) >= 11 is 0. The van der Waals surface area contributed by atoms with Gasteiger partial charge in [-0.2, -0.15) is 0 Å². The quantitative estimate of drug-likeness (QED) is 0.624. The second-order valence-electron chi connectivity index (χ2n) is 4.00. The van der Waals surface area contributed by atoms with E-state index in [4.69, 9.17) is 4.74 Å². The zero-order valence-corrected chi connectivity index (χ0v) is 8.51. The predicted molar refractivity (Wildman–Crippen MR) is 51.3 cm³/mol. The largest absolute Gasteiger partial charge is 0.450 e. The minimum Gasteiger partial charge on any atom is -0.450 e.